The molecule has 8 nitrogen and oxygen atoms in total. The first-order valence-corrected chi connectivity index (χ1v) is 11.9. The summed E-state index contributed by atoms with van der Waals surface area (Å²) in [4.78, 5) is 29.5. The highest BCUT2D eigenvalue weighted by Crippen LogP contribution is 2.57. The minimum Gasteiger partial charge on any atom is -0.481 e. The van der Waals surface area contributed by atoms with Crippen LogP contribution in [0.2, 0.25) is 5.02 Å². The van der Waals surface area contributed by atoms with E-state index in [0.717, 1.165) is 5.52 Å². The van der Waals surface area contributed by atoms with Crippen LogP contribution in [-0.2, 0) is 11.3 Å². The number of carbonyl (C=O) groups is 2. The van der Waals surface area contributed by atoms with Gasteiger partial charge in [-0.15, -0.1) is 0 Å². The molecule has 4 aromatic rings. The highest BCUT2D eigenvalue weighted by atomic mass is 35.5. The third-order valence-corrected chi connectivity index (χ3v) is 6.82. The van der Waals surface area contributed by atoms with Gasteiger partial charge in [0.25, 0.3) is 5.91 Å². The van der Waals surface area contributed by atoms with Gasteiger partial charge in [-0.05, 0) is 48.7 Å². The molecule has 0 unspecified atom stereocenters. The van der Waals surface area contributed by atoms with Crippen LogP contribution in [0.3, 0.4) is 0 Å². The molecule has 1 aliphatic carbocycles. The van der Waals surface area contributed by atoms with Gasteiger partial charge in [0.05, 0.1) is 47.0 Å². The highest BCUT2D eigenvalue weighted by molar-refractivity contribution is 6.34. The molecule has 2 amide bonds. The molecule has 196 valence electrons. The summed E-state index contributed by atoms with van der Waals surface area (Å²) in [6, 6.07) is 13.3. The Kier molecular flexibility index (Phi) is 6.47. The van der Waals surface area contributed by atoms with Crippen molar-refractivity contribution >= 4 is 40.0 Å². The molecule has 12 heteroatoms. The van der Waals surface area contributed by atoms with Crippen LogP contribution in [0.25, 0.3) is 16.6 Å². The van der Waals surface area contributed by atoms with Gasteiger partial charge in [-0.1, -0.05) is 23.7 Å². The van der Waals surface area contributed by atoms with Gasteiger partial charge in [0, 0.05) is 18.0 Å². The summed E-state index contributed by atoms with van der Waals surface area (Å²) in [5.74, 6) is -1.13. The zero-order valence-electron chi connectivity index (χ0n) is 20.0. The molecule has 2 heterocycles. The van der Waals surface area contributed by atoms with E-state index in [9.17, 15) is 22.8 Å². The van der Waals surface area contributed by atoms with Crippen molar-refractivity contribution in [3.8, 4) is 11.6 Å². The Morgan fingerprint density at radius 1 is 1.13 bits per heavy atom. The van der Waals surface area contributed by atoms with E-state index in [1.165, 1.54) is 19.2 Å². The van der Waals surface area contributed by atoms with E-state index in [4.69, 9.17) is 16.3 Å². The molecule has 2 aromatic heterocycles. The number of rotatable bonds is 7. The minimum atomic E-state index is -4.60. The summed E-state index contributed by atoms with van der Waals surface area (Å²) < 4.78 is 46.3. The average molecular weight is 544 g/mol. The second-order valence-electron chi connectivity index (χ2n) is 8.88. The zero-order chi connectivity index (χ0) is 27.1. The van der Waals surface area contributed by atoms with Gasteiger partial charge in [-0.2, -0.15) is 18.3 Å². The molecule has 1 saturated carbocycles. The number of halogens is 4. The number of pyridine rings is 1. The number of alkyl halides is 3. The molecule has 2 N–H and O–H groups in total. The van der Waals surface area contributed by atoms with Crippen LogP contribution in [0.4, 0.5) is 18.9 Å². The Balaban J connectivity index is 1.34. The molecule has 0 radical (unpaired) electrons. The summed E-state index contributed by atoms with van der Waals surface area (Å²) in [7, 11) is 1.52. The molecule has 5 rings (SSSR count). The lowest BCUT2D eigenvalue weighted by Gasteiger charge is -2.18. The van der Waals surface area contributed by atoms with Gasteiger partial charge in [-0.3, -0.25) is 9.59 Å². The summed E-state index contributed by atoms with van der Waals surface area (Å²) in [6.45, 7) is -0.174. The largest absolute Gasteiger partial charge is 0.481 e. The van der Waals surface area contributed by atoms with Crippen LogP contribution < -0.4 is 15.4 Å². The third kappa shape index (κ3) is 4.65. The number of hydrogen-bond donors (Lipinski definition) is 2. The summed E-state index contributed by atoms with van der Waals surface area (Å²) in [5, 5.41) is 10.4. The normalized spacial score (nSPS) is 14.2. The van der Waals surface area contributed by atoms with Crippen LogP contribution in [0, 0.1) is 5.41 Å². The lowest BCUT2D eigenvalue weighted by molar-refractivity contribution is -0.192. The Bertz CT molecular complexity index is 1530. The molecule has 38 heavy (non-hydrogen) atoms. The molecular formula is C26H21ClF3N5O3. The predicted octanol–water partition coefficient (Wildman–Crippen LogP) is 5.29. The molecule has 0 aliphatic heterocycles. The number of anilines is 1. The Hall–Kier alpha value is -4.12. The number of carbonyl (C=O) groups excluding carboxylic acids is 2. The van der Waals surface area contributed by atoms with Gasteiger partial charge in [0.15, 0.2) is 0 Å². The molecule has 0 bridgehead atoms. The maximum Gasteiger partial charge on any atom is 0.403 e. The van der Waals surface area contributed by atoms with Gasteiger partial charge in [0.2, 0.25) is 11.8 Å². The predicted molar refractivity (Wildman–Crippen MR) is 134 cm³/mol. The molecule has 1 aliphatic rings. The summed E-state index contributed by atoms with van der Waals surface area (Å²) in [5.41, 5.74) is 0.125. The molecule has 0 saturated heterocycles. The maximum atomic E-state index is 13.2. The number of methoxy groups -OCH3 is 1. The lowest BCUT2D eigenvalue weighted by Crippen LogP contribution is -2.40. The van der Waals surface area contributed by atoms with Crippen molar-refractivity contribution in [3.05, 3.63) is 77.1 Å². The van der Waals surface area contributed by atoms with Crippen LogP contribution in [0.5, 0.6) is 5.88 Å². The van der Waals surface area contributed by atoms with Crippen LogP contribution >= 0.6 is 11.6 Å². The molecular weight excluding hydrogens is 523 g/mol. The topological polar surface area (TPSA) is 98.1 Å². The van der Waals surface area contributed by atoms with Crippen molar-refractivity contribution in [2.45, 2.75) is 25.6 Å². The van der Waals surface area contributed by atoms with Crippen molar-refractivity contribution < 1.29 is 27.5 Å². The first kappa shape index (κ1) is 25.5. The molecule has 1 fully saturated rings. The van der Waals surface area contributed by atoms with Gasteiger partial charge >= 0.3 is 6.18 Å². The second kappa shape index (κ2) is 9.64. The van der Waals surface area contributed by atoms with Crippen LogP contribution in [0.15, 0.2) is 60.9 Å². The number of amides is 2. The summed E-state index contributed by atoms with van der Waals surface area (Å²) in [6.07, 6.45) is -1.83. The smallest absolute Gasteiger partial charge is 0.403 e. The van der Waals surface area contributed by atoms with Crippen molar-refractivity contribution in [2.24, 2.45) is 5.41 Å². The van der Waals surface area contributed by atoms with E-state index in [1.54, 1.807) is 47.4 Å². The van der Waals surface area contributed by atoms with E-state index in [2.05, 4.69) is 20.7 Å². The second-order valence-corrected chi connectivity index (χ2v) is 9.29. The average Bonchev–Trinajstić information content (AvgIpc) is 3.62. The minimum absolute atomic E-state index is 0.110. The van der Waals surface area contributed by atoms with E-state index < -0.39 is 23.4 Å². The lowest BCUT2D eigenvalue weighted by atomic mass is 10.1. The fourth-order valence-corrected chi connectivity index (χ4v) is 4.35. The molecule has 0 atom stereocenters. The number of benzene rings is 2. The van der Waals surface area contributed by atoms with Gasteiger partial charge in [-0.25, -0.2) is 9.67 Å². The Morgan fingerprint density at radius 2 is 1.92 bits per heavy atom. The Labute approximate surface area is 219 Å². The standard InChI is InChI=1S/C26H21ClF3N5O3/c1-38-22-8-6-16(13-31-22)35-21-4-2-3-20(18(21)14-33-35)34-23(36)17-11-15(5-7-19(17)27)12-32-24(37)25(9-10-25)26(28,29)30/h2-8,11,13-14H,9-10,12H2,1H3,(H,32,37)(H,34,36). The zero-order valence-corrected chi connectivity index (χ0v) is 20.7. The first-order valence-electron chi connectivity index (χ1n) is 11.5. The van der Waals surface area contributed by atoms with Crippen LogP contribution in [-0.4, -0.2) is 39.9 Å². The van der Waals surface area contributed by atoms with Crippen LogP contribution in [0.1, 0.15) is 28.8 Å². The molecule has 0 spiro atoms. The van der Waals surface area contributed by atoms with Gasteiger partial charge in [0.1, 0.15) is 5.41 Å². The monoisotopic (exact) mass is 543 g/mol. The molecule has 2 aromatic carbocycles. The Morgan fingerprint density at radius 3 is 2.58 bits per heavy atom. The number of aromatic nitrogens is 3. The third-order valence-electron chi connectivity index (χ3n) is 6.49. The first-order chi connectivity index (χ1) is 18.1. The quantitative estimate of drug-likeness (QED) is 0.330. The number of hydrogen-bond acceptors (Lipinski definition) is 5. The fourth-order valence-electron chi connectivity index (χ4n) is 4.15. The number of fused-ring (bicyclic) bond motifs is 1. The SMILES string of the molecule is COc1ccc(-n2ncc3c(NC(=O)c4cc(CNC(=O)C5(C(F)(F)F)CC5)ccc4Cl)cccc32)cn1. The van der Waals surface area contributed by atoms with Crippen molar-refractivity contribution in [2.75, 3.05) is 12.4 Å². The van der Waals surface area contributed by atoms with Crippen molar-refractivity contribution in [1.29, 1.82) is 0 Å². The number of nitrogens with zero attached hydrogens (tertiary/aromatic N) is 3. The number of ether oxygens (including phenoxy) is 1. The van der Waals surface area contributed by atoms with E-state index in [1.807, 2.05) is 6.07 Å². The van der Waals surface area contributed by atoms with Crippen molar-refractivity contribution in [3.63, 3.8) is 0 Å². The van der Waals surface area contributed by atoms with E-state index in [-0.39, 0.29) is 30.0 Å². The maximum absolute atomic E-state index is 13.2. The fraction of sp³-hybridized carbons (Fsp3) is 0.231. The number of nitrogens with one attached hydrogen (secondary N) is 2. The van der Waals surface area contributed by atoms with Crippen molar-refractivity contribution in [1.82, 2.24) is 20.1 Å². The summed E-state index contributed by atoms with van der Waals surface area (Å²) >= 11 is 6.26. The van der Waals surface area contributed by atoms with E-state index in [0.29, 0.717) is 28.2 Å². The highest BCUT2D eigenvalue weighted by Gasteiger charge is 2.68. The van der Waals surface area contributed by atoms with Gasteiger partial charge < -0.3 is 15.4 Å². The van der Waals surface area contributed by atoms with E-state index >= 15 is 0 Å².